The molecule has 0 radical (unpaired) electrons. The van der Waals surface area contributed by atoms with Gasteiger partial charge >= 0.3 is 0 Å². The molecule has 5 aromatic rings. The Morgan fingerprint density at radius 1 is 0.675 bits per heavy atom. The van der Waals surface area contributed by atoms with Crippen molar-refractivity contribution in [2.45, 2.75) is 52.9 Å². The summed E-state index contributed by atoms with van der Waals surface area (Å²) in [4.78, 5) is 7.85. The molecule has 0 aliphatic carbocycles. The van der Waals surface area contributed by atoms with Gasteiger partial charge in [0.15, 0.2) is 0 Å². The van der Waals surface area contributed by atoms with E-state index in [4.69, 9.17) is 9.72 Å². The first kappa shape index (κ1) is 27.4. The highest BCUT2D eigenvalue weighted by atomic mass is 16.5. The number of hydrogen-bond acceptors (Lipinski definition) is 3. The number of unbranched alkanes of at least 4 members (excludes halogenated alkanes) is 1. The molecule has 1 aromatic heterocycles. The first-order chi connectivity index (χ1) is 19.7. The smallest absolute Gasteiger partial charge is 0.140 e. The third-order valence-corrected chi connectivity index (χ3v) is 7.13. The maximum Gasteiger partial charge on any atom is 0.140 e. The molecule has 0 unspecified atom stereocenters. The Labute approximate surface area is 238 Å². The highest BCUT2D eigenvalue weighted by molar-refractivity contribution is 5.68. The summed E-state index contributed by atoms with van der Waals surface area (Å²) in [6.07, 6.45) is 2.23. The molecule has 0 saturated carbocycles. The Balaban J connectivity index is 1.59. The van der Waals surface area contributed by atoms with Crippen LogP contribution in [-0.2, 0) is 26.2 Å². The zero-order chi connectivity index (χ0) is 27.6. The van der Waals surface area contributed by atoms with Crippen LogP contribution < -0.4 is 4.74 Å². The Morgan fingerprint density at radius 3 is 1.98 bits per heavy atom. The minimum atomic E-state index is 0.663. The van der Waals surface area contributed by atoms with E-state index in [1.807, 2.05) is 13.0 Å². The Kier molecular flexibility index (Phi) is 9.44. The van der Waals surface area contributed by atoms with Crippen molar-refractivity contribution >= 4 is 0 Å². The molecule has 204 valence electrons. The van der Waals surface area contributed by atoms with Gasteiger partial charge in [0, 0.05) is 37.3 Å². The van der Waals surface area contributed by atoms with Crippen LogP contribution in [-0.4, -0.2) is 21.1 Å². The number of aromatic nitrogens is 2. The van der Waals surface area contributed by atoms with E-state index in [9.17, 15) is 0 Å². The van der Waals surface area contributed by atoms with E-state index in [1.165, 1.54) is 16.8 Å². The van der Waals surface area contributed by atoms with Gasteiger partial charge in [-0.3, -0.25) is 4.90 Å². The van der Waals surface area contributed by atoms with Crippen LogP contribution in [0, 0.1) is 0 Å². The molecule has 5 rings (SSSR count). The fourth-order valence-corrected chi connectivity index (χ4v) is 5.22. The van der Waals surface area contributed by atoms with Crippen molar-refractivity contribution in [2.75, 3.05) is 6.61 Å². The zero-order valence-electron chi connectivity index (χ0n) is 23.7. The van der Waals surface area contributed by atoms with E-state index >= 15 is 0 Å². The molecule has 0 atom stereocenters. The van der Waals surface area contributed by atoms with Gasteiger partial charge in [0.25, 0.3) is 0 Å². The van der Waals surface area contributed by atoms with Crippen molar-refractivity contribution in [1.29, 1.82) is 0 Å². The summed E-state index contributed by atoms with van der Waals surface area (Å²) in [6, 6.07) is 40.5. The van der Waals surface area contributed by atoms with Crippen LogP contribution in [0.5, 0.6) is 5.75 Å². The van der Waals surface area contributed by atoms with Gasteiger partial charge in [0.1, 0.15) is 11.6 Å². The van der Waals surface area contributed by atoms with Crippen molar-refractivity contribution in [3.8, 4) is 28.4 Å². The quantitative estimate of drug-likeness (QED) is 0.153. The van der Waals surface area contributed by atoms with Crippen molar-refractivity contribution < 1.29 is 4.74 Å². The second kappa shape index (κ2) is 13.8. The summed E-state index contributed by atoms with van der Waals surface area (Å²) in [5.74, 6) is 1.96. The van der Waals surface area contributed by atoms with Gasteiger partial charge < -0.3 is 9.30 Å². The summed E-state index contributed by atoms with van der Waals surface area (Å²) in [7, 11) is 0. The maximum absolute atomic E-state index is 5.82. The number of benzene rings is 4. The molecule has 0 bridgehead atoms. The van der Waals surface area contributed by atoms with Crippen LogP contribution in [0.4, 0.5) is 0 Å². The first-order valence-electron chi connectivity index (χ1n) is 14.4. The maximum atomic E-state index is 5.82. The number of ether oxygens (including phenoxy) is 1. The lowest BCUT2D eigenvalue weighted by atomic mass is 10.1. The van der Waals surface area contributed by atoms with Crippen molar-refractivity contribution in [2.24, 2.45) is 0 Å². The van der Waals surface area contributed by atoms with E-state index in [1.54, 1.807) is 0 Å². The van der Waals surface area contributed by atoms with Crippen LogP contribution in [0.1, 0.15) is 43.5 Å². The summed E-state index contributed by atoms with van der Waals surface area (Å²) in [5.41, 5.74) is 7.18. The molecule has 0 N–H and O–H groups in total. The normalized spacial score (nSPS) is 11.2. The summed E-state index contributed by atoms with van der Waals surface area (Å²) in [5, 5.41) is 0. The first-order valence-corrected chi connectivity index (χ1v) is 14.4. The molecule has 4 nitrogen and oxygen atoms in total. The summed E-state index contributed by atoms with van der Waals surface area (Å²) < 4.78 is 8.29. The molecule has 0 spiro atoms. The minimum Gasteiger partial charge on any atom is -0.494 e. The van der Waals surface area contributed by atoms with Crippen LogP contribution in [0.15, 0.2) is 115 Å². The number of rotatable bonds is 13. The Hall–Kier alpha value is -4.15. The molecular formula is C36H39N3O. The largest absolute Gasteiger partial charge is 0.494 e. The predicted octanol–water partition coefficient (Wildman–Crippen LogP) is 8.62. The Bertz CT molecular complexity index is 1460. The van der Waals surface area contributed by atoms with E-state index in [0.29, 0.717) is 6.61 Å². The molecule has 40 heavy (non-hydrogen) atoms. The molecule has 0 saturated heterocycles. The van der Waals surface area contributed by atoms with Crippen LogP contribution in [0.2, 0.25) is 0 Å². The molecular weight excluding hydrogens is 490 g/mol. The second-order valence-electron chi connectivity index (χ2n) is 10.2. The topological polar surface area (TPSA) is 30.3 Å². The van der Waals surface area contributed by atoms with Crippen LogP contribution >= 0.6 is 0 Å². The summed E-state index contributed by atoms with van der Waals surface area (Å²) >= 11 is 0. The number of hydrogen-bond donors (Lipinski definition) is 0. The third-order valence-electron chi connectivity index (χ3n) is 7.13. The average molecular weight is 530 g/mol. The van der Waals surface area contributed by atoms with E-state index in [0.717, 1.165) is 67.4 Å². The van der Waals surface area contributed by atoms with Gasteiger partial charge in [0.05, 0.1) is 18.0 Å². The molecule has 0 fully saturated rings. The monoisotopic (exact) mass is 529 g/mol. The van der Waals surface area contributed by atoms with Gasteiger partial charge in [-0.1, -0.05) is 116 Å². The lowest BCUT2D eigenvalue weighted by Gasteiger charge is -2.25. The van der Waals surface area contributed by atoms with Gasteiger partial charge in [-0.25, -0.2) is 4.98 Å². The van der Waals surface area contributed by atoms with Crippen molar-refractivity contribution in [3.63, 3.8) is 0 Å². The second-order valence-corrected chi connectivity index (χ2v) is 10.2. The molecule has 0 aliphatic rings. The van der Waals surface area contributed by atoms with E-state index in [2.05, 4.69) is 126 Å². The van der Waals surface area contributed by atoms with E-state index < -0.39 is 0 Å². The predicted molar refractivity (Wildman–Crippen MR) is 165 cm³/mol. The number of nitrogens with zero attached hydrogens (tertiary/aromatic N) is 3. The average Bonchev–Trinajstić information content (AvgIpc) is 3.35. The minimum absolute atomic E-state index is 0.663. The van der Waals surface area contributed by atoms with Gasteiger partial charge in [-0.2, -0.15) is 0 Å². The SMILES string of the molecule is CCCCn1c(-c2ccccc2)nc(-c2ccccc2)c1CN(Cc1ccccc1)Cc1cccc(OCC)c1. The summed E-state index contributed by atoms with van der Waals surface area (Å²) in [6.45, 7) is 8.31. The van der Waals surface area contributed by atoms with E-state index in [-0.39, 0.29) is 0 Å². The van der Waals surface area contributed by atoms with Gasteiger partial charge in [0.2, 0.25) is 0 Å². The van der Waals surface area contributed by atoms with Crippen molar-refractivity contribution in [3.05, 3.63) is 132 Å². The molecule has 0 amide bonds. The molecule has 4 heteroatoms. The number of imidazole rings is 1. The van der Waals surface area contributed by atoms with Crippen LogP contribution in [0.25, 0.3) is 22.6 Å². The van der Waals surface area contributed by atoms with Crippen LogP contribution in [0.3, 0.4) is 0 Å². The third kappa shape index (κ3) is 6.88. The lowest BCUT2D eigenvalue weighted by Crippen LogP contribution is -2.24. The fraction of sp³-hybridized carbons (Fsp3) is 0.250. The molecule has 1 heterocycles. The van der Waals surface area contributed by atoms with Gasteiger partial charge in [-0.15, -0.1) is 0 Å². The molecule has 4 aromatic carbocycles. The highest BCUT2D eigenvalue weighted by Crippen LogP contribution is 2.32. The Morgan fingerprint density at radius 2 is 1.30 bits per heavy atom. The zero-order valence-corrected chi connectivity index (χ0v) is 23.7. The standard InChI is InChI=1S/C36H39N3O/c1-3-5-24-39-34(35(31-19-11-7-12-20-31)37-36(39)32-21-13-8-14-22-32)28-38(26-29-16-9-6-10-17-29)27-30-18-15-23-33(25-30)40-4-2/h6-23,25H,3-5,24,26-28H2,1-2H3. The fourth-order valence-electron chi connectivity index (χ4n) is 5.22. The highest BCUT2D eigenvalue weighted by Gasteiger charge is 2.22. The lowest BCUT2D eigenvalue weighted by molar-refractivity contribution is 0.241. The van der Waals surface area contributed by atoms with Crippen molar-refractivity contribution in [1.82, 2.24) is 14.5 Å². The molecule has 0 aliphatic heterocycles. The van der Waals surface area contributed by atoms with Gasteiger partial charge in [-0.05, 0) is 36.6 Å².